The first-order valence-corrected chi connectivity index (χ1v) is 4.38. The number of carbonyl (C=O) groups excluding carboxylic acids is 1. The van der Waals surface area contributed by atoms with Crippen molar-refractivity contribution in [3.05, 3.63) is 0 Å². The van der Waals surface area contributed by atoms with E-state index in [9.17, 15) is 4.79 Å². The van der Waals surface area contributed by atoms with Crippen LogP contribution in [-0.4, -0.2) is 58.4 Å². The molecule has 1 amide bonds. The van der Waals surface area contributed by atoms with Gasteiger partial charge < -0.3 is 14.9 Å². The minimum Gasteiger partial charge on any atom is -0.381 e. The first-order chi connectivity index (χ1) is 6.54. The fraction of sp³-hybridized carbons (Fsp3) is 0.875. The molecule has 1 saturated heterocycles. The van der Waals surface area contributed by atoms with Crippen LogP contribution in [0.15, 0.2) is 0 Å². The number of hydrogen-bond donors (Lipinski definition) is 2. The van der Waals surface area contributed by atoms with Crippen LogP contribution in [0.4, 0.5) is 0 Å². The van der Waals surface area contributed by atoms with E-state index in [1.54, 1.807) is 13.8 Å². The quantitative estimate of drug-likeness (QED) is 0.587. The van der Waals surface area contributed by atoms with Gasteiger partial charge in [-0.25, -0.2) is 4.90 Å². The number of hydrogen-bond acceptors (Lipinski definition) is 5. The van der Waals surface area contributed by atoms with Gasteiger partial charge in [0.05, 0.1) is 12.3 Å². The van der Waals surface area contributed by atoms with E-state index in [0.717, 1.165) is 0 Å². The molecule has 1 aliphatic rings. The summed E-state index contributed by atoms with van der Waals surface area (Å²) in [7, 11) is 0. The molecule has 1 aliphatic heterocycles. The van der Waals surface area contributed by atoms with Crippen LogP contribution < -0.4 is 0 Å². The molecular weight excluding hydrogens is 188 g/mol. The summed E-state index contributed by atoms with van der Waals surface area (Å²) < 4.78 is 5.12. The number of carbonyl (C=O) groups is 1. The summed E-state index contributed by atoms with van der Waals surface area (Å²) in [5.41, 5.74) is -0.853. The summed E-state index contributed by atoms with van der Waals surface area (Å²) in [6.07, 6.45) is 0. The lowest BCUT2D eigenvalue weighted by atomic mass is 10.0. The Kier molecular flexibility index (Phi) is 3.43. The standard InChI is InChI=1S/C8H16N2O4/c1-8(2)7(13)9(3-11)5-14-6-10(8)4-12/h11-12H,3-6H2,1-2H3. The molecule has 0 atom stereocenters. The molecule has 6 heteroatoms. The average molecular weight is 204 g/mol. The molecule has 1 heterocycles. The Morgan fingerprint density at radius 2 is 2.00 bits per heavy atom. The van der Waals surface area contributed by atoms with E-state index >= 15 is 0 Å². The van der Waals surface area contributed by atoms with Crippen molar-refractivity contribution in [3.8, 4) is 0 Å². The van der Waals surface area contributed by atoms with Crippen molar-refractivity contribution in [2.24, 2.45) is 0 Å². The lowest BCUT2D eigenvalue weighted by Crippen LogP contribution is -2.54. The highest BCUT2D eigenvalue weighted by Crippen LogP contribution is 2.19. The van der Waals surface area contributed by atoms with E-state index in [0.29, 0.717) is 0 Å². The highest BCUT2D eigenvalue weighted by Gasteiger charge is 2.39. The Morgan fingerprint density at radius 3 is 2.50 bits per heavy atom. The van der Waals surface area contributed by atoms with Crippen molar-refractivity contribution in [2.45, 2.75) is 19.4 Å². The zero-order chi connectivity index (χ0) is 10.8. The van der Waals surface area contributed by atoms with Gasteiger partial charge in [-0.15, -0.1) is 0 Å². The molecule has 0 unspecified atom stereocenters. The van der Waals surface area contributed by atoms with Gasteiger partial charge in [-0.3, -0.25) is 9.69 Å². The highest BCUT2D eigenvalue weighted by molar-refractivity contribution is 5.85. The maximum atomic E-state index is 11.8. The monoisotopic (exact) mass is 204 g/mol. The Morgan fingerprint density at radius 1 is 1.36 bits per heavy atom. The molecular formula is C8H16N2O4. The molecule has 6 nitrogen and oxygen atoms in total. The Labute approximate surface area is 82.7 Å². The summed E-state index contributed by atoms with van der Waals surface area (Å²) in [5.74, 6) is -0.258. The second kappa shape index (κ2) is 4.22. The Bertz CT molecular complexity index is 219. The summed E-state index contributed by atoms with van der Waals surface area (Å²) >= 11 is 0. The van der Waals surface area contributed by atoms with Gasteiger partial charge in [-0.1, -0.05) is 0 Å². The lowest BCUT2D eigenvalue weighted by molar-refractivity contribution is -0.146. The van der Waals surface area contributed by atoms with Gasteiger partial charge in [0.1, 0.15) is 20.2 Å². The third kappa shape index (κ3) is 1.88. The van der Waals surface area contributed by atoms with Crippen LogP contribution in [0, 0.1) is 0 Å². The molecule has 0 bridgehead atoms. The predicted molar refractivity (Wildman–Crippen MR) is 47.8 cm³/mol. The number of ether oxygens (including phenoxy) is 1. The number of nitrogens with zero attached hydrogens (tertiary/aromatic N) is 2. The van der Waals surface area contributed by atoms with Gasteiger partial charge in [-0.2, -0.15) is 0 Å². The summed E-state index contributed by atoms with van der Waals surface area (Å²) in [5, 5.41) is 18.0. The Balaban J connectivity index is 2.87. The topological polar surface area (TPSA) is 73.2 Å². The fourth-order valence-electron chi connectivity index (χ4n) is 1.33. The molecule has 0 saturated carbocycles. The predicted octanol–water partition coefficient (Wildman–Crippen LogP) is -1.26. The van der Waals surface area contributed by atoms with Crippen molar-refractivity contribution in [3.63, 3.8) is 0 Å². The van der Waals surface area contributed by atoms with Gasteiger partial charge in [0.2, 0.25) is 5.91 Å². The summed E-state index contributed by atoms with van der Waals surface area (Å²) in [6, 6.07) is 0. The van der Waals surface area contributed by atoms with Crippen LogP contribution in [0.25, 0.3) is 0 Å². The van der Waals surface area contributed by atoms with E-state index in [1.807, 2.05) is 0 Å². The second-order valence-electron chi connectivity index (χ2n) is 3.69. The number of aliphatic hydroxyl groups excluding tert-OH is 2. The van der Waals surface area contributed by atoms with Gasteiger partial charge in [0.15, 0.2) is 0 Å². The molecule has 82 valence electrons. The van der Waals surface area contributed by atoms with E-state index in [2.05, 4.69) is 0 Å². The third-order valence-electron chi connectivity index (χ3n) is 2.44. The van der Waals surface area contributed by atoms with Crippen LogP contribution >= 0.6 is 0 Å². The van der Waals surface area contributed by atoms with Crippen molar-refractivity contribution in [2.75, 3.05) is 26.9 Å². The van der Waals surface area contributed by atoms with Gasteiger partial charge in [-0.05, 0) is 13.8 Å². The fourth-order valence-corrected chi connectivity index (χ4v) is 1.33. The summed E-state index contributed by atoms with van der Waals surface area (Å²) in [4.78, 5) is 14.5. The van der Waals surface area contributed by atoms with E-state index < -0.39 is 5.54 Å². The normalized spacial score (nSPS) is 23.7. The Hall–Kier alpha value is -0.690. The van der Waals surface area contributed by atoms with Crippen LogP contribution in [0.3, 0.4) is 0 Å². The van der Waals surface area contributed by atoms with E-state index in [-0.39, 0.29) is 32.8 Å². The average Bonchev–Trinajstić information content (AvgIpc) is 2.26. The molecule has 14 heavy (non-hydrogen) atoms. The number of rotatable bonds is 2. The molecule has 0 aliphatic carbocycles. The molecule has 1 fully saturated rings. The smallest absolute Gasteiger partial charge is 0.246 e. The van der Waals surface area contributed by atoms with Crippen LogP contribution in [0.2, 0.25) is 0 Å². The molecule has 2 N–H and O–H groups in total. The van der Waals surface area contributed by atoms with E-state index in [4.69, 9.17) is 14.9 Å². The first kappa shape index (κ1) is 11.4. The first-order valence-electron chi connectivity index (χ1n) is 4.38. The molecule has 0 aromatic carbocycles. The van der Waals surface area contributed by atoms with Gasteiger partial charge in [0, 0.05) is 0 Å². The van der Waals surface area contributed by atoms with E-state index in [1.165, 1.54) is 9.80 Å². The number of aliphatic hydroxyl groups is 2. The van der Waals surface area contributed by atoms with Crippen LogP contribution in [-0.2, 0) is 9.53 Å². The minimum atomic E-state index is -0.853. The maximum absolute atomic E-state index is 11.8. The minimum absolute atomic E-state index is 0.0509. The molecule has 0 aromatic heterocycles. The molecule has 1 rings (SSSR count). The maximum Gasteiger partial charge on any atom is 0.246 e. The zero-order valence-corrected chi connectivity index (χ0v) is 8.43. The van der Waals surface area contributed by atoms with Crippen LogP contribution in [0.1, 0.15) is 13.8 Å². The molecule has 0 spiro atoms. The van der Waals surface area contributed by atoms with Crippen molar-refractivity contribution < 1.29 is 19.7 Å². The third-order valence-corrected chi connectivity index (χ3v) is 2.44. The zero-order valence-electron chi connectivity index (χ0n) is 8.43. The van der Waals surface area contributed by atoms with Gasteiger partial charge in [0.25, 0.3) is 0 Å². The van der Waals surface area contributed by atoms with Crippen molar-refractivity contribution in [1.29, 1.82) is 0 Å². The largest absolute Gasteiger partial charge is 0.381 e. The van der Waals surface area contributed by atoms with Crippen molar-refractivity contribution in [1.82, 2.24) is 9.80 Å². The van der Waals surface area contributed by atoms with Gasteiger partial charge >= 0.3 is 0 Å². The van der Waals surface area contributed by atoms with Crippen LogP contribution in [0.5, 0.6) is 0 Å². The highest BCUT2D eigenvalue weighted by atomic mass is 16.5. The molecule has 0 aromatic rings. The summed E-state index contributed by atoms with van der Waals surface area (Å²) in [6.45, 7) is 2.96. The SMILES string of the molecule is CC1(C)C(=O)N(CO)COCN1CO. The second-order valence-corrected chi connectivity index (χ2v) is 3.69. The van der Waals surface area contributed by atoms with Crippen molar-refractivity contribution >= 4 is 5.91 Å². The lowest BCUT2D eigenvalue weighted by Gasteiger charge is -2.33. The molecule has 0 radical (unpaired) electrons. The number of amides is 1.